The topological polar surface area (TPSA) is 122 Å². The second-order valence-corrected chi connectivity index (χ2v) is 7.22. The Hall–Kier alpha value is -3.20. The number of hydrogen-bond acceptors (Lipinski definition) is 7. The van der Waals surface area contributed by atoms with Gasteiger partial charge in [-0.1, -0.05) is 18.2 Å². The van der Waals surface area contributed by atoms with Crippen molar-refractivity contribution in [1.82, 2.24) is 5.32 Å². The van der Waals surface area contributed by atoms with Crippen LogP contribution in [0.4, 0.5) is 0 Å². The van der Waals surface area contributed by atoms with Gasteiger partial charge < -0.3 is 25.0 Å². The standard InChI is InChI=1S/C21H23NO7S/c1-30-10-9-17(21(26)27)22-20(25)13-29-15-7-8-16(18(23)11-15)19(24)12-28-14-5-3-2-4-6-14/h2-8,11,17,23H,9-10,12-13H2,1H3,(H,22,25)(H,26,27). The van der Waals surface area contributed by atoms with Crippen LogP contribution in [0.15, 0.2) is 48.5 Å². The third-order valence-corrected chi connectivity index (χ3v) is 4.64. The van der Waals surface area contributed by atoms with Crippen LogP contribution in [0.5, 0.6) is 17.2 Å². The van der Waals surface area contributed by atoms with Gasteiger partial charge in [-0.2, -0.15) is 11.8 Å². The quantitative estimate of drug-likeness (QED) is 0.436. The minimum atomic E-state index is -1.12. The summed E-state index contributed by atoms with van der Waals surface area (Å²) in [6, 6.07) is 11.8. The Bertz CT molecular complexity index is 873. The van der Waals surface area contributed by atoms with Crippen LogP contribution in [0, 0.1) is 0 Å². The lowest BCUT2D eigenvalue weighted by Gasteiger charge is -2.14. The Kier molecular flexibility index (Phi) is 9.02. The fraction of sp³-hybridized carbons (Fsp3) is 0.286. The summed E-state index contributed by atoms with van der Waals surface area (Å²) in [6.07, 6.45) is 2.14. The average Bonchev–Trinajstić information content (AvgIpc) is 2.74. The number of hydrogen-bond donors (Lipinski definition) is 3. The molecule has 3 N–H and O–H groups in total. The van der Waals surface area contributed by atoms with Gasteiger partial charge in [0.1, 0.15) is 23.3 Å². The first kappa shape index (κ1) is 23.1. The molecule has 0 saturated heterocycles. The number of Topliss-reactive ketones (excluding diaryl/α,β-unsaturated/α-hetero) is 1. The number of phenols is 1. The summed E-state index contributed by atoms with van der Waals surface area (Å²) in [5.41, 5.74) is 0.0609. The van der Waals surface area contributed by atoms with Crippen molar-refractivity contribution in [3.63, 3.8) is 0 Å². The van der Waals surface area contributed by atoms with Crippen LogP contribution in [0.2, 0.25) is 0 Å². The minimum absolute atomic E-state index is 0.0609. The third-order valence-electron chi connectivity index (χ3n) is 4.00. The van der Waals surface area contributed by atoms with E-state index in [2.05, 4.69) is 5.32 Å². The number of carboxylic acids is 1. The number of thioether (sulfide) groups is 1. The minimum Gasteiger partial charge on any atom is -0.507 e. The van der Waals surface area contributed by atoms with Crippen LogP contribution in [-0.2, 0) is 9.59 Å². The molecule has 0 heterocycles. The molecule has 0 saturated carbocycles. The number of aromatic hydroxyl groups is 1. The summed E-state index contributed by atoms with van der Waals surface area (Å²) < 4.78 is 10.7. The lowest BCUT2D eigenvalue weighted by molar-refractivity contribution is -0.142. The zero-order chi connectivity index (χ0) is 21.9. The first-order chi connectivity index (χ1) is 14.4. The Labute approximate surface area is 178 Å². The van der Waals surface area contributed by atoms with E-state index in [1.807, 2.05) is 12.3 Å². The van der Waals surface area contributed by atoms with Crippen molar-refractivity contribution in [1.29, 1.82) is 0 Å². The van der Waals surface area contributed by atoms with Crippen molar-refractivity contribution >= 4 is 29.4 Å². The van der Waals surface area contributed by atoms with Crippen molar-refractivity contribution in [2.75, 3.05) is 25.2 Å². The number of amides is 1. The molecule has 0 bridgehead atoms. The van der Waals surface area contributed by atoms with Crippen LogP contribution < -0.4 is 14.8 Å². The van der Waals surface area contributed by atoms with E-state index in [-0.39, 0.29) is 23.7 Å². The van der Waals surface area contributed by atoms with Crippen LogP contribution in [0.25, 0.3) is 0 Å². The SMILES string of the molecule is CSCCC(NC(=O)COc1ccc(C(=O)COc2ccccc2)c(O)c1)C(=O)O. The van der Waals surface area contributed by atoms with Gasteiger partial charge >= 0.3 is 5.97 Å². The van der Waals surface area contributed by atoms with Gasteiger partial charge in [0.05, 0.1) is 5.56 Å². The molecule has 9 heteroatoms. The van der Waals surface area contributed by atoms with Gasteiger partial charge in [0, 0.05) is 6.07 Å². The molecule has 0 aliphatic carbocycles. The summed E-state index contributed by atoms with van der Waals surface area (Å²) in [4.78, 5) is 35.3. The molecule has 0 radical (unpaired) electrons. The normalized spacial score (nSPS) is 11.4. The Balaban J connectivity index is 1.87. The lowest BCUT2D eigenvalue weighted by atomic mass is 10.1. The van der Waals surface area contributed by atoms with Crippen molar-refractivity contribution in [3.8, 4) is 17.2 Å². The largest absolute Gasteiger partial charge is 0.507 e. The van der Waals surface area contributed by atoms with E-state index in [4.69, 9.17) is 14.6 Å². The van der Waals surface area contributed by atoms with Crippen molar-refractivity contribution < 1.29 is 34.1 Å². The van der Waals surface area contributed by atoms with E-state index in [0.717, 1.165) is 0 Å². The molecule has 2 aromatic rings. The molecule has 30 heavy (non-hydrogen) atoms. The smallest absolute Gasteiger partial charge is 0.326 e. The zero-order valence-corrected chi connectivity index (χ0v) is 17.2. The number of ether oxygens (including phenoxy) is 2. The van der Waals surface area contributed by atoms with E-state index < -0.39 is 30.3 Å². The number of benzene rings is 2. The summed E-state index contributed by atoms with van der Waals surface area (Å²) >= 11 is 1.48. The zero-order valence-electron chi connectivity index (χ0n) is 16.4. The highest BCUT2D eigenvalue weighted by Crippen LogP contribution is 2.24. The van der Waals surface area contributed by atoms with E-state index >= 15 is 0 Å². The van der Waals surface area contributed by atoms with E-state index in [1.165, 1.54) is 30.0 Å². The Morgan fingerprint density at radius 2 is 1.73 bits per heavy atom. The molecule has 1 unspecified atom stereocenters. The van der Waals surface area contributed by atoms with E-state index in [9.17, 15) is 19.5 Å². The van der Waals surface area contributed by atoms with Crippen LogP contribution >= 0.6 is 11.8 Å². The first-order valence-corrected chi connectivity index (χ1v) is 10.5. The number of ketones is 1. The fourth-order valence-electron chi connectivity index (χ4n) is 2.46. The van der Waals surface area contributed by atoms with Gasteiger partial charge in [-0.05, 0) is 42.7 Å². The Morgan fingerprint density at radius 1 is 1.03 bits per heavy atom. The van der Waals surface area contributed by atoms with Gasteiger partial charge in [0.25, 0.3) is 5.91 Å². The number of carbonyl (C=O) groups is 3. The molecular formula is C21H23NO7S. The first-order valence-electron chi connectivity index (χ1n) is 9.08. The number of carbonyl (C=O) groups excluding carboxylic acids is 2. The maximum Gasteiger partial charge on any atom is 0.326 e. The van der Waals surface area contributed by atoms with Gasteiger partial charge in [0.15, 0.2) is 13.2 Å². The molecule has 2 aromatic carbocycles. The monoisotopic (exact) mass is 433 g/mol. The maximum atomic E-state index is 12.2. The highest BCUT2D eigenvalue weighted by atomic mass is 32.2. The lowest BCUT2D eigenvalue weighted by Crippen LogP contribution is -2.43. The number of carboxylic acid groups (broad SMARTS) is 1. The molecule has 0 fully saturated rings. The number of rotatable bonds is 12. The van der Waals surface area contributed by atoms with Crippen LogP contribution in [0.3, 0.4) is 0 Å². The molecule has 0 aromatic heterocycles. The Morgan fingerprint density at radius 3 is 2.37 bits per heavy atom. The molecule has 0 aliphatic rings. The summed E-state index contributed by atoms with van der Waals surface area (Å²) in [6.45, 7) is -0.667. The van der Waals surface area contributed by atoms with Crippen molar-refractivity contribution in [3.05, 3.63) is 54.1 Å². The maximum absolute atomic E-state index is 12.2. The highest BCUT2D eigenvalue weighted by molar-refractivity contribution is 7.98. The molecule has 1 atom stereocenters. The summed E-state index contributed by atoms with van der Waals surface area (Å²) in [7, 11) is 0. The van der Waals surface area contributed by atoms with Crippen LogP contribution in [-0.4, -0.2) is 59.1 Å². The second-order valence-electron chi connectivity index (χ2n) is 6.23. The molecular weight excluding hydrogens is 410 g/mol. The van der Waals surface area contributed by atoms with Gasteiger partial charge in [-0.3, -0.25) is 9.59 Å². The molecule has 8 nitrogen and oxygen atoms in total. The van der Waals surface area contributed by atoms with E-state index in [1.54, 1.807) is 24.3 Å². The summed E-state index contributed by atoms with van der Waals surface area (Å²) in [5, 5.41) is 21.6. The van der Waals surface area contributed by atoms with E-state index in [0.29, 0.717) is 17.9 Å². The van der Waals surface area contributed by atoms with Crippen molar-refractivity contribution in [2.45, 2.75) is 12.5 Å². The third kappa shape index (κ3) is 7.32. The molecule has 2 rings (SSSR count). The predicted molar refractivity (Wildman–Crippen MR) is 112 cm³/mol. The molecule has 0 aliphatic heterocycles. The highest BCUT2D eigenvalue weighted by Gasteiger charge is 2.20. The molecule has 1 amide bonds. The number of nitrogens with one attached hydrogen (secondary N) is 1. The van der Waals surface area contributed by atoms with Crippen LogP contribution in [0.1, 0.15) is 16.8 Å². The number of phenolic OH excluding ortho intramolecular Hbond substituents is 1. The molecule has 0 spiro atoms. The van der Waals surface area contributed by atoms with Gasteiger partial charge in [0.2, 0.25) is 5.78 Å². The number of para-hydroxylation sites is 1. The fourth-order valence-corrected chi connectivity index (χ4v) is 2.93. The number of aliphatic carboxylic acids is 1. The molecule has 160 valence electrons. The average molecular weight is 433 g/mol. The summed E-state index contributed by atoms with van der Waals surface area (Å²) in [5.74, 6) is -1.14. The van der Waals surface area contributed by atoms with Gasteiger partial charge in [-0.15, -0.1) is 0 Å². The van der Waals surface area contributed by atoms with Crippen molar-refractivity contribution in [2.24, 2.45) is 0 Å². The van der Waals surface area contributed by atoms with Gasteiger partial charge in [-0.25, -0.2) is 4.79 Å². The predicted octanol–water partition coefficient (Wildman–Crippen LogP) is 2.36. The second kappa shape index (κ2) is 11.7.